The Morgan fingerprint density at radius 3 is 3.15 bits per heavy atom. The summed E-state index contributed by atoms with van der Waals surface area (Å²) in [6.07, 6.45) is 0. The van der Waals surface area contributed by atoms with Crippen LogP contribution in [0.1, 0.15) is 21.5 Å². The molecule has 2 nitrogen and oxygen atoms in total. The molecule has 68 valence electrons. The van der Waals surface area contributed by atoms with Crippen molar-refractivity contribution >= 4 is 28.4 Å². The van der Waals surface area contributed by atoms with Gasteiger partial charge >= 0.3 is 0 Å². The summed E-state index contributed by atoms with van der Waals surface area (Å²) in [5.41, 5.74) is 3.13. The lowest BCUT2D eigenvalue weighted by atomic mass is 10.1. The van der Waals surface area contributed by atoms with Crippen molar-refractivity contribution in [3.63, 3.8) is 0 Å². The Labute approximate surface area is 85.9 Å². The van der Waals surface area contributed by atoms with E-state index in [0.29, 0.717) is 6.54 Å². The number of hydrogen-bond acceptors (Lipinski definition) is 3. The molecule has 1 amide bonds. The minimum Gasteiger partial charge on any atom is -0.348 e. The number of amides is 1. The predicted octanol–water partition coefficient (Wildman–Crippen LogP) is 2.01. The van der Waals surface area contributed by atoms with E-state index < -0.39 is 0 Å². The summed E-state index contributed by atoms with van der Waals surface area (Å²) < 4.78 is 0. The summed E-state index contributed by atoms with van der Waals surface area (Å²) >= 11 is 4.09. The second-order valence-electron chi connectivity index (χ2n) is 2.95. The van der Waals surface area contributed by atoms with E-state index in [1.165, 1.54) is 16.4 Å². The number of carbonyl (C=O) groups excluding carboxylic acids is 1. The average Bonchev–Trinajstić information content (AvgIpc) is 2.48. The van der Waals surface area contributed by atoms with Gasteiger partial charge in [-0.05, 0) is 17.2 Å². The zero-order valence-electron chi connectivity index (χ0n) is 6.91. The van der Waals surface area contributed by atoms with Gasteiger partial charge in [-0.25, -0.2) is 0 Å². The molecule has 1 aromatic rings. The van der Waals surface area contributed by atoms with Gasteiger partial charge in [0.15, 0.2) is 0 Å². The number of fused-ring (bicyclic) bond motifs is 1. The maximum atomic E-state index is 11.2. The van der Waals surface area contributed by atoms with Crippen LogP contribution in [0.5, 0.6) is 0 Å². The van der Waals surface area contributed by atoms with Gasteiger partial charge in [-0.2, -0.15) is 0 Å². The van der Waals surface area contributed by atoms with Gasteiger partial charge in [-0.15, -0.1) is 11.7 Å². The summed E-state index contributed by atoms with van der Waals surface area (Å²) in [6, 6.07) is 5.93. The van der Waals surface area contributed by atoms with Crippen molar-refractivity contribution in [2.24, 2.45) is 0 Å². The number of carbonyl (C=O) groups is 1. The molecule has 1 aromatic carbocycles. The van der Waals surface area contributed by atoms with Gasteiger partial charge in [-0.1, -0.05) is 22.9 Å². The monoisotopic (exact) mass is 211 g/mol. The van der Waals surface area contributed by atoms with E-state index in [4.69, 9.17) is 0 Å². The van der Waals surface area contributed by atoms with Crippen LogP contribution in [0.15, 0.2) is 18.2 Å². The van der Waals surface area contributed by atoms with E-state index in [2.05, 4.69) is 23.0 Å². The minimum absolute atomic E-state index is 0.0417. The molecule has 0 spiro atoms. The standard InChI is InChI=1S/C9H9NOS2/c11-9-8-2-1-6(5-13-12)3-7(8)4-10-9/h1-3,12H,4-5H2,(H,10,11). The highest BCUT2D eigenvalue weighted by Gasteiger charge is 2.17. The van der Waals surface area contributed by atoms with Crippen LogP contribution < -0.4 is 5.32 Å². The van der Waals surface area contributed by atoms with Gasteiger partial charge in [0.1, 0.15) is 0 Å². The highest BCUT2D eigenvalue weighted by molar-refractivity contribution is 8.68. The first-order valence-electron chi connectivity index (χ1n) is 3.97. The highest BCUT2D eigenvalue weighted by atomic mass is 33.1. The molecule has 13 heavy (non-hydrogen) atoms. The molecule has 0 fully saturated rings. The maximum absolute atomic E-state index is 11.2. The first-order chi connectivity index (χ1) is 6.31. The van der Waals surface area contributed by atoms with Gasteiger partial charge in [0.05, 0.1) is 0 Å². The Morgan fingerprint density at radius 1 is 1.54 bits per heavy atom. The highest BCUT2D eigenvalue weighted by Crippen LogP contribution is 2.21. The molecule has 1 aliphatic heterocycles. The molecule has 0 unspecified atom stereocenters. The van der Waals surface area contributed by atoms with Crippen molar-refractivity contribution < 1.29 is 4.79 Å². The molecule has 1 heterocycles. The topological polar surface area (TPSA) is 29.1 Å². The fourth-order valence-corrected chi connectivity index (χ4v) is 2.23. The molecule has 1 N–H and O–H groups in total. The molecule has 2 rings (SSSR count). The second-order valence-corrected chi connectivity index (χ2v) is 4.27. The van der Waals surface area contributed by atoms with Crippen molar-refractivity contribution in [1.29, 1.82) is 0 Å². The molecule has 0 bridgehead atoms. The number of rotatable bonds is 2. The summed E-state index contributed by atoms with van der Waals surface area (Å²) in [6.45, 7) is 0.666. The van der Waals surface area contributed by atoms with Gasteiger partial charge in [0, 0.05) is 17.9 Å². The fraction of sp³-hybridized carbons (Fsp3) is 0.222. The lowest BCUT2D eigenvalue weighted by molar-refractivity contribution is 0.0966. The molecule has 0 aliphatic carbocycles. The summed E-state index contributed by atoms with van der Waals surface area (Å²) in [7, 11) is 1.49. The van der Waals surface area contributed by atoms with E-state index >= 15 is 0 Å². The average molecular weight is 211 g/mol. The first-order valence-corrected chi connectivity index (χ1v) is 6.01. The molecule has 0 saturated heterocycles. The van der Waals surface area contributed by atoms with E-state index in [1.807, 2.05) is 12.1 Å². The van der Waals surface area contributed by atoms with Crippen LogP contribution >= 0.6 is 22.5 Å². The molecule has 0 radical (unpaired) electrons. The fourth-order valence-electron chi connectivity index (χ4n) is 1.45. The van der Waals surface area contributed by atoms with Crippen molar-refractivity contribution in [2.75, 3.05) is 0 Å². The van der Waals surface area contributed by atoms with Crippen molar-refractivity contribution in [3.8, 4) is 0 Å². The molecular weight excluding hydrogens is 202 g/mol. The van der Waals surface area contributed by atoms with Crippen LogP contribution in [-0.4, -0.2) is 5.91 Å². The third kappa shape index (κ3) is 1.69. The lowest BCUT2D eigenvalue weighted by Crippen LogP contribution is -2.12. The number of thiol groups is 1. The molecule has 0 saturated carbocycles. The zero-order valence-corrected chi connectivity index (χ0v) is 8.62. The lowest BCUT2D eigenvalue weighted by Gasteiger charge is -2.00. The van der Waals surface area contributed by atoms with Gasteiger partial charge in [0.2, 0.25) is 0 Å². The Morgan fingerprint density at radius 2 is 2.38 bits per heavy atom. The number of hydrogen-bond donors (Lipinski definition) is 2. The molecule has 0 atom stereocenters. The molecular formula is C9H9NOS2. The Bertz CT molecular complexity index is 351. The van der Waals surface area contributed by atoms with E-state index in [-0.39, 0.29) is 5.91 Å². The van der Waals surface area contributed by atoms with Gasteiger partial charge < -0.3 is 5.32 Å². The summed E-state index contributed by atoms with van der Waals surface area (Å²) in [5.74, 6) is 0.921. The largest absolute Gasteiger partial charge is 0.348 e. The van der Waals surface area contributed by atoms with Crippen molar-refractivity contribution in [1.82, 2.24) is 5.32 Å². The van der Waals surface area contributed by atoms with Gasteiger partial charge in [0.25, 0.3) is 5.91 Å². The number of nitrogens with one attached hydrogen (secondary N) is 1. The quantitative estimate of drug-likeness (QED) is 0.579. The van der Waals surface area contributed by atoms with Crippen molar-refractivity contribution in [3.05, 3.63) is 34.9 Å². The summed E-state index contributed by atoms with van der Waals surface area (Å²) in [5, 5.41) is 2.79. The first kappa shape index (κ1) is 8.97. The van der Waals surface area contributed by atoms with Gasteiger partial charge in [-0.3, -0.25) is 4.79 Å². The van der Waals surface area contributed by atoms with Crippen LogP contribution in [0.2, 0.25) is 0 Å². The van der Waals surface area contributed by atoms with Crippen LogP contribution in [0.25, 0.3) is 0 Å². The second kappa shape index (κ2) is 3.64. The normalized spacial score (nSPS) is 14.1. The molecule has 0 aromatic heterocycles. The van der Waals surface area contributed by atoms with E-state index in [9.17, 15) is 4.79 Å². The van der Waals surface area contributed by atoms with Crippen LogP contribution in [0.4, 0.5) is 0 Å². The Balaban J connectivity index is 2.34. The minimum atomic E-state index is 0.0417. The summed E-state index contributed by atoms with van der Waals surface area (Å²) in [4.78, 5) is 11.2. The maximum Gasteiger partial charge on any atom is 0.251 e. The molecule has 4 heteroatoms. The zero-order chi connectivity index (χ0) is 9.26. The predicted molar refractivity (Wildman–Crippen MR) is 57.9 cm³/mol. The van der Waals surface area contributed by atoms with Crippen LogP contribution in [-0.2, 0) is 12.3 Å². The van der Waals surface area contributed by atoms with E-state index in [0.717, 1.165) is 16.9 Å². The van der Waals surface area contributed by atoms with Crippen LogP contribution in [0.3, 0.4) is 0 Å². The SMILES string of the molecule is O=C1NCc2cc(CSS)ccc21. The Hall–Kier alpha value is -0.610. The van der Waals surface area contributed by atoms with Crippen LogP contribution in [0, 0.1) is 0 Å². The number of benzene rings is 1. The smallest absolute Gasteiger partial charge is 0.251 e. The van der Waals surface area contributed by atoms with E-state index in [1.54, 1.807) is 0 Å². The third-order valence-electron chi connectivity index (χ3n) is 2.08. The van der Waals surface area contributed by atoms with Crippen molar-refractivity contribution in [2.45, 2.75) is 12.3 Å². The third-order valence-corrected chi connectivity index (χ3v) is 2.93. The molecule has 1 aliphatic rings. The Kier molecular flexibility index (Phi) is 2.51.